The highest BCUT2D eigenvalue weighted by atomic mass is 19.4. The molecule has 1 saturated heterocycles. The van der Waals surface area contributed by atoms with Gasteiger partial charge in [-0.25, -0.2) is 4.68 Å². The first kappa shape index (κ1) is 23.9. The Morgan fingerprint density at radius 1 is 1.25 bits per heavy atom. The van der Waals surface area contributed by atoms with E-state index < -0.39 is 24.2 Å². The molecule has 2 N–H and O–H groups in total. The topological polar surface area (TPSA) is 110 Å². The summed E-state index contributed by atoms with van der Waals surface area (Å²) in [5.41, 5.74) is 1.43. The highest BCUT2D eigenvalue weighted by molar-refractivity contribution is 6.08. The summed E-state index contributed by atoms with van der Waals surface area (Å²) in [4.78, 5) is 27.6. The molecule has 0 unspecified atom stereocenters. The minimum atomic E-state index is -4.57. The average molecular weight is 506 g/mol. The monoisotopic (exact) mass is 505 g/mol. The average Bonchev–Trinajstić information content (AvgIpc) is 3.63. The summed E-state index contributed by atoms with van der Waals surface area (Å²) in [5, 5.41) is 14.0. The van der Waals surface area contributed by atoms with E-state index in [1.807, 2.05) is 0 Å². The van der Waals surface area contributed by atoms with Crippen LogP contribution in [0, 0.1) is 13.8 Å². The summed E-state index contributed by atoms with van der Waals surface area (Å²) in [6.07, 6.45) is -0.446. The lowest BCUT2D eigenvalue weighted by Gasteiger charge is -2.32. The highest BCUT2D eigenvalue weighted by Gasteiger charge is 2.47. The van der Waals surface area contributed by atoms with Crippen molar-refractivity contribution >= 4 is 23.3 Å². The SMILES string of the molecule is Cc1nn(CC(=O)N2CCCC2)c(C)c1NC(=O)c1cnn2c1N[C@@H](c1ccco1)C[C@H]2C(F)(F)F. The number of carbonyl (C=O) groups excluding carboxylic acids is 2. The number of carbonyl (C=O) groups is 2. The van der Waals surface area contributed by atoms with Gasteiger partial charge in [0.15, 0.2) is 6.04 Å². The third-order valence-corrected chi connectivity index (χ3v) is 6.73. The number of amides is 2. The summed E-state index contributed by atoms with van der Waals surface area (Å²) >= 11 is 0. The van der Waals surface area contributed by atoms with Gasteiger partial charge in [-0.2, -0.15) is 23.4 Å². The lowest BCUT2D eigenvalue weighted by molar-refractivity contribution is -0.174. The molecule has 2 amide bonds. The molecule has 1 fully saturated rings. The number of aromatic nitrogens is 4. The third-order valence-electron chi connectivity index (χ3n) is 6.73. The molecular formula is C23H26F3N7O3. The molecule has 13 heteroatoms. The lowest BCUT2D eigenvalue weighted by Crippen LogP contribution is -2.36. The number of furan rings is 1. The number of hydrogen-bond acceptors (Lipinski definition) is 6. The van der Waals surface area contributed by atoms with Crippen molar-refractivity contribution in [2.24, 2.45) is 0 Å². The number of anilines is 2. The van der Waals surface area contributed by atoms with E-state index in [1.54, 1.807) is 30.9 Å². The maximum atomic E-state index is 13.9. The van der Waals surface area contributed by atoms with Gasteiger partial charge in [0.25, 0.3) is 5.91 Å². The van der Waals surface area contributed by atoms with E-state index in [2.05, 4.69) is 20.8 Å². The maximum Gasteiger partial charge on any atom is 0.410 e. The number of hydrogen-bond donors (Lipinski definition) is 2. The van der Waals surface area contributed by atoms with E-state index >= 15 is 0 Å². The highest BCUT2D eigenvalue weighted by Crippen LogP contribution is 2.44. The van der Waals surface area contributed by atoms with Gasteiger partial charge in [0.2, 0.25) is 5.91 Å². The first-order valence-electron chi connectivity index (χ1n) is 11.7. The molecule has 0 spiro atoms. The van der Waals surface area contributed by atoms with Crippen molar-refractivity contribution < 1.29 is 27.2 Å². The predicted molar refractivity (Wildman–Crippen MR) is 122 cm³/mol. The zero-order valence-corrected chi connectivity index (χ0v) is 19.8. The van der Waals surface area contributed by atoms with Crippen molar-refractivity contribution in [2.75, 3.05) is 23.7 Å². The quantitative estimate of drug-likeness (QED) is 0.546. The Balaban J connectivity index is 1.40. The minimum absolute atomic E-state index is 0.0415. The van der Waals surface area contributed by atoms with Gasteiger partial charge in [-0.3, -0.25) is 14.3 Å². The van der Waals surface area contributed by atoms with E-state index in [-0.39, 0.29) is 30.3 Å². The molecule has 2 aliphatic heterocycles. The fourth-order valence-electron chi connectivity index (χ4n) is 4.81. The van der Waals surface area contributed by atoms with Crippen molar-refractivity contribution in [2.45, 2.75) is 57.9 Å². The van der Waals surface area contributed by atoms with Crippen molar-refractivity contribution in [3.8, 4) is 0 Å². The number of rotatable bonds is 5. The zero-order valence-electron chi connectivity index (χ0n) is 19.8. The molecule has 0 saturated carbocycles. The van der Waals surface area contributed by atoms with E-state index in [0.29, 0.717) is 22.8 Å². The van der Waals surface area contributed by atoms with Gasteiger partial charge < -0.3 is 20.0 Å². The van der Waals surface area contributed by atoms with Gasteiger partial charge in [-0.1, -0.05) is 0 Å². The van der Waals surface area contributed by atoms with Gasteiger partial charge in [0.1, 0.15) is 23.7 Å². The van der Waals surface area contributed by atoms with Gasteiger partial charge in [0.05, 0.1) is 35.6 Å². The molecule has 2 aliphatic rings. The van der Waals surface area contributed by atoms with Crippen LogP contribution in [0.4, 0.5) is 24.7 Å². The number of fused-ring (bicyclic) bond motifs is 1. The van der Waals surface area contributed by atoms with Crippen molar-refractivity contribution in [3.63, 3.8) is 0 Å². The normalized spacial score (nSPS) is 19.8. The van der Waals surface area contributed by atoms with Crippen LogP contribution in [0.1, 0.15) is 58.9 Å². The molecule has 5 heterocycles. The minimum Gasteiger partial charge on any atom is -0.467 e. The van der Waals surface area contributed by atoms with Gasteiger partial charge >= 0.3 is 6.18 Å². The number of nitrogens with one attached hydrogen (secondary N) is 2. The van der Waals surface area contributed by atoms with Gasteiger partial charge in [-0.05, 0) is 38.8 Å². The Morgan fingerprint density at radius 2 is 2.00 bits per heavy atom. The smallest absolute Gasteiger partial charge is 0.410 e. The van der Waals surface area contributed by atoms with Crippen molar-refractivity contribution in [3.05, 3.63) is 47.3 Å². The molecule has 0 bridgehead atoms. The summed E-state index contributed by atoms with van der Waals surface area (Å²) in [5.74, 6) is -0.400. The van der Waals surface area contributed by atoms with Crippen LogP contribution in [-0.4, -0.2) is 55.5 Å². The molecule has 0 aliphatic carbocycles. The summed E-state index contributed by atoms with van der Waals surface area (Å²) in [6.45, 7) is 4.91. The molecule has 36 heavy (non-hydrogen) atoms. The molecule has 192 valence electrons. The fourth-order valence-corrected chi connectivity index (χ4v) is 4.81. The van der Waals surface area contributed by atoms with E-state index in [0.717, 1.165) is 36.8 Å². The summed E-state index contributed by atoms with van der Waals surface area (Å²) in [7, 11) is 0. The van der Waals surface area contributed by atoms with Crippen LogP contribution < -0.4 is 10.6 Å². The zero-order chi connectivity index (χ0) is 25.6. The Labute approximate surface area is 204 Å². The molecule has 3 aromatic heterocycles. The van der Waals surface area contributed by atoms with Crippen LogP contribution in [0.5, 0.6) is 0 Å². The Kier molecular flexibility index (Phi) is 6.00. The van der Waals surface area contributed by atoms with E-state index in [9.17, 15) is 22.8 Å². The van der Waals surface area contributed by atoms with Crippen LogP contribution in [0.15, 0.2) is 29.0 Å². The van der Waals surface area contributed by atoms with E-state index in [4.69, 9.17) is 4.42 Å². The second-order valence-electron chi connectivity index (χ2n) is 9.10. The molecular weight excluding hydrogens is 479 g/mol. The number of aryl methyl sites for hydroxylation is 1. The maximum absolute atomic E-state index is 13.9. The van der Waals surface area contributed by atoms with Crippen LogP contribution in [0.3, 0.4) is 0 Å². The molecule has 10 nitrogen and oxygen atoms in total. The van der Waals surface area contributed by atoms with Gasteiger partial charge in [0, 0.05) is 19.5 Å². The first-order chi connectivity index (χ1) is 17.1. The lowest BCUT2D eigenvalue weighted by atomic mass is 10.0. The second kappa shape index (κ2) is 9.03. The largest absolute Gasteiger partial charge is 0.467 e. The Bertz CT molecular complexity index is 1270. The Hall–Kier alpha value is -3.77. The van der Waals surface area contributed by atoms with Crippen LogP contribution in [0.25, 0.3) is 0 Å². The molecule has 0 aromatic carbocycles. The molecule has 0 radical (unpaired) electrons. The van der Waals surface area contributed by atoms with Crippen LogP contribution >= 0.6 is 0 Å². The van der Waals surface area contributed by atoms with Crippen LogP contribution in [0.2, 0.25) is 0 Å². The second-order valence-corrected chi connectivity index (χ2v) is 9.10. The van der Waals surface area contributed by atoms with Crippen molar-refractivity contribution in [1.82, 2.24) is 24.5 Å². The summed E-state index contributed by atoms with van der Waals surface area (Å²) in [6, 6.07) is 0.469. The van der Waals surface area contributed by atoms with Crippen LogP contribution in [-0.2, 0) is 11.3 Å². The number of nitrogens with zero attached hydrogens (tertiary/aromatic N) is 5. The standard InChI is InChI=1S/C23H26F3N7O3/c1-13-20(14(2)32(30-13)12-19(34)31-7-3-4-8-31)29-22(35)15-11-27-33-18(23(24,25)26)10-16(28-21(15)33)17-6-5-9-36-17/h5-6,9,11,16,18,28H,3-4,7-8,10,12H2,1-2H3,(H,29,35)/t16-,18+/m1/s1. The predicted octanol–water partition coefficient (Wildman–Crippen LogP) is 3.82. The third kappa shape index (κ3) is 4.33. The summed E-state index contributed by atoms with van der Waals surface area (Å²) < 4.78 is 49.2. The molecule has 3 aromatic rings. The van der Waals surface area contributed by atoms with Crippen molar-refractivity contribution in [1.29, 1.82) is 0 Å². The van der Waals surface area contributed by atoms with Gasteiger partial charge in [-0.15, -0.1) is 0 Å². The molecule has 2 atom stereocenters. The first-order valence-corrected chi connectivity index (χ1v) is 11.7. The number of likely N-dealkylation sites (tertiary alicyclic amines) is 1. The fraction of sp³-hybridized carbons (Fsp3) is 0.478. The van der Waals surface area contributed by atoms with E-state index in [1.165, 1.54) is 10.9 Å². The number of halogens is 3. The Morgan fingerprint density at radius 3 is 2.67 bits per heavy atom. The number of alkyl halides is 3. The molecule has 5 rings (SSSR count).